The number of carbonyl (C=O) groups excluding carboxylic acids is 1. The number of alkyl halides is 3. The number of rotatable bonds is 6. The lowest BCUT2D eigenvalue weighted by atomic mass is 9.87. The van der Waals surface area contributed by atoms with Crippen molar-refractivity contribution >= 4 is 58.3 Å². The average Bonchev–Trinajstić information content (AvgIpc) is 2.63. The van der Waals surface area contributed by atoms with Crippen LogP contribution in [-0.4, -0.2) is 12.0 Å². The molecular formula is C23H21Cl4F3O. The van der Waals surface area contributed by atoms with Gasteiger partial charge in [-0.15, -0.1) is 0 Å². The summed E-state index contributed by atoms with van der Waals surface area (Å²) in [5.74, 6) is -1.82. The van der Waals surface area contributed by atoms with Crippen molar-refractivity contribution in [2.75, 3.05) is 0 Å². The second-order valence-corrected chi connectivity index (χ2v) is 9.80. The Morgan fingerprint density at radius 2 is 1.55 bits per heavy atom. The van der Waals surface area contributed by atoms with Crippen molar-refractivity contribution in [1.29, 1.82) is 0 Å². The number of hydrogen-bond donors (Lipinski definition) is 0. The van der Waals surface area contributed by atoms with Crippen molar-refractivity contribution in [3.05, 3.63) is 73.2 Å². The van der Waals surface area contributed by atoms with E-state index in [2.05, 4.69) is 0 Å². The zero-order valence-electron chi connectivity index (χ0n) is 17.1. The van der Waals surface area contributed by atoms with Crippen LogP contribution in [0.5, 0.6) is 0 Å². The van der Waals surface area contributed by atoms with Crippen molar-refractivity contribution in [3.8, 4) is 0 Å². The van der Waals surface area contributed by atoms with Gasteiger partial charge in [-0.2, -0.15) is 13.2 Å². The summed E-state index contributed by atoms with van der Waals surface area (Å²) >= 11 is 23.9. The molecule has 0 saturated heterocycles. The summed E-state index contributed by atoms with van der Waals surface area (Å²) in [5, 5.41) is 0.294. The van der Waals surface area contributed by atoms with E-state index in [1.54, 1.807) is 18.2 Å². The van der Waals surface area contributed by atoms with E-state index in [0.29, 0.717) is 23.4 Å². The van der Waals surface area contributed by atoms with Gasteiger partial charge < -0.3 is 0 Å². The van der Waals surface area contributed by atoms with Crippen molar-refractivity contribution in [2.24, 2.45) is 5.41 Å². The number of aryl methyl sites for hydroxylation is 1. The Bertz CT molecular complexity index is 968. The predicted molar refractivity (Wildman–Crippen MR) is 124 cm³/mol. The molecule has 2 rings (SSSR count). The van der Waals surface area contributed by atoms with Crippen LogP contribution in [0.3, 0.4) is 0 Å². The van der Waals surface area contributed by atoms with E-state index in [4.69, 9.17) is 46.4 Å². The molecule has 0 aliphatic heterocycles. The summed E-state index contributed by atoms with van der Waals surface area (Å²) in [6.45, 7) is 5.55. The highest BCUT2D eigenvalue weighted by molar-refractivity contribution is 6.48. The zero-order valence-corrected chi connectivity index (χ0v) is 20.1. The van der Waals surface area contributed by atoms with E-state index >= 15 is 0 Å². The monoisotopic (exact) mass is 510 g/mol. The third kappa shape index (κ3) is 7.15. The lowest BCUT2D eigenvalue weighted by Gasteiger charge is -2.18. The smallest absolute Gasteiger partial charge is 0.299 e. The van der Waals surface area contributed by atoms with Gasteiger partial charge in [-0.25, -0.2) is 0 Å². The number of benzene rings is 2. The molecule has 0 bridgehead atoms. The molecule has 0 saturated carbocycles. The van der Waals surface area contributed by atoms with Gasteiger partial charge in [0.05, 0.1) is 21.0 Å². The van der Waals surface area contributed by atoms with Gasteiger partial charge in [-0.1, -0.05) is 91.5 Å². The first-order valence-electron chi connectivity index (χ1n) is 9.41. The zero-order chi connectivity index (χ0) is 23.6. The fourth-order valence-electron chi connectivity index (χ4n) is 2.86. The topological polar surface area (TPSA) is 17.1 Å². The highest BCUT2D eigenvalue weighted by Crippen LogP contribution is 2.41. The van der Waals surface area contributed by atoms with Crippen LogP contribution in [0, 0.1) is 5.41 Å². The molecule has 0 N–H and O–H groups in total. The highest BCUT2D eigenvalue weighted by atomic mass is 35.5. The van der Waals surface area contributed by atoms with Crippen molar-refractivity contribution in [3.63, 3.8) is 0 Å². The van der Waals surface area contributed by atoms with Crippen LogP contribution in [0.2, 0.25) is 20.1 Å². The van der Waals surface area contributed by atoms with E-state index in [9.17, 15) is 18.0 Å². The fraction of sp³-hybridized carbons (Fsp3) is 0.348. The van der Waals surface area contributed by atoms with Gasteiger partial charge in [0.25, 0.3) is 0 Å². The molecule has 1 unspecified atom stereocenters. The number of allylic oxidation sites excluding steroid dienone is 1. The fourth-order valence-corrected chi connectivity index (χ4v) is 3.76. The van der Waals surface area contributed by atoms with Gasteiger partial charge in [0.1, 0.15) is 5.78 Å². The molecule has 0 fully saturated rings. The second kappa shape index (κ2) is 10.2. The minimum atomic E-state index is -4.56. The van der Waals surface area contributed by atoms with E-state index in [-0.39, 0.29) is 26.4 Å². The molecule has 1 nitrogen and oxygen atoms in total. The Morgan fingerprint density at radius 1 is 0.968 bits per heavy atom. The Labute approximate surface area is 200 Å². The van der Waals surface area contributed by atoms with Crippen molar-refractivity contribution in [2.45, 2.75) is 45.7 Å². The molecule has 1 atom stereocenters. The Balaban J connectivity index is 2.25. The van der Waals surface area contributed by atoms with Crippen LogP contribution in [0.25, 0.3) is 6.08 Å². The lowest BCUT2D eigenvalue weighted by molar-refractivity contribution is -0.139. The maximum atomic E-state index is 13.7. The van der Waals surface area contributed by atoms with Gasteiger partial charge in [0.15, 0.2) is 0 Å². The molecular weight excluding hydrogens is 491 g/mol. The average molecular weight is 512 g/mol. The summed E-state index contributed by atoms with van der Waals surface area (Å²) in [7, 11) is 0. The normalized spacial score (nSPS) is 13.6. The molecule has 31 heavy (non-hydrogen) atoms. The van der Waals surface area contributed by atoms with E-state index < -0.39 is 17.5 Å². The minimum Gasteiger partial charge on any atom is -0.299 e. The number of ketones is 1. The van der Waals surface area contributed by atoms with Crippen molar-refractivity contribution < 1.29 is 18.0 Å². The summed E-state index contributed by atoms with van der Waals surface area (Å²) in [6, 6.07) is 7.26. The maximum Gasteiger partial charge on any atom is 0.399 e. The van der Waals surface area contributed by atoms with E-state index in [1.807, 2.05) is 20.8 Å². The van der Waals surface area contributed by atoms with Crippen LogP contribution >= 0.6 is 46.4 Å². The van der Waals surface area contributed by atoms with E-state index in [0.717, 1.165) is 23.8 Å². The summed E-state index contributed by atoms with van der Waals surface area (Å²) < 4.78 is 41.0. The minimum absolute atomic E-state index is 0.00398. The molecule has 168 valence electrons. The number of Topliss-reactive ketones (excluding diaryl/α,β-unsaturated/α-hetero) is 1. The lowest BCUT2D eigenvalue weighted by Crippen LogP contribution is -2.20. The standard InChI is InChI=1S/C23H21Cl4F3O/c1-22(2,3)20(31)9-7-14-6-4-13(10-17(14)24)5-8-16(23(28,29)30)15-11-18(25)21(27)19(26)12-15/h4-6,8,10-12,16H,7,9H2,1-3H3/b8-5+. The van der Waals surface area contributed by atoms with Gasteiger partial charge in [0, 0.05) is 16.9 Å². The quantitative estimate of drug-likeness (QED) is 0.353. The number of halogens is 7. The summed E-state index contributed by atoms with van der Waals surface area (Å²) in [5.41, 5.74) is 0.706. The third-order valence-corrected chi connectivity index (χ3v) is 6.28. The molecule has 2 aromatic carbocycles. The summed E-state index contributed by atoms with van der Waals surface area (Å²) in [6.07, 6.45) is -1.40. The van der Waals surface area contributed by atoms with Gasteiger partial charge in [0.2, 0.25) is 0 Å². The second-order valence-electron chi connectivity index (χ2n) is 8.20. The molecule has 0 aromatic heterocycles. The molecule has 0 amide bonds. The number of carbonyl (C=O) groups is 1. The highest BCUT2D eigenvalue weighted by Gasteiger charge is 2.39. The van der Waals surface area contributed by atoms with Crippen LogP contribution in [0.15, 0.2) is 36.4 Å². The van der Waals surface area contributed by atoms with Gasteiger partial charge in [-0.05, 0) is 41.3 Å². The van der Waals surface area contributed by atoms with E-state index in [1.165, 1.54) is 6.08 Å². The van der Waals surface area contributed by atoms with Crippen LogP contribution < -0.4 is 0 Å². The Hall–Kier alpha value is -1.20. The third-order valence-electron chi connectivity index (χ3n) is 4.73. The largest absolute Gasteiger partial charge is 0.399 e. The van der Waals surface area contributed by atoms with Gasteiger partial charge in [-0.3, -0.25) is 4.79 Å². The predicted octanol–water partition coefficient (Wildman–Crippen LogP) is 9.21. The van der Waals surface area contributed by atoms with Crippen LogP contribution in [0.4, 0.5) is 13.2 Å². The Kier molecular flexibility index (Phi) is 8.54. The first kappa shape index (κ1) is 26.1. The van der Waals surface area contributed by atoms with Crippen LogP contribution in [-0.2, 0) is 11.2 Å². The Morgan fingerprint density at radius 3 is 2.03 bits per heavy atom. The molecule has 8 heteroatoms. The first-order chi connectivity index (χ1) is 14.2. The molecule has 2 aromatic rings. The number of hydrogen-bond acceptors (Lipinski definition) is 1. The summed E-state index contributed by atoms with van der Waals surface area (Å²) in [4.78, 5) is 12.1. The molecule has 0 radical (unpaired) electrons. The molecule has 0 aliphatic rings. The molecule has 0 aliphatic carbocycles. The first-order valence-corrected chi connectivity index (χ1v) is 10.9. The SMILES string of the molecule is CC(C)(C)C(=O)CCc1ccc(/C=C/C(c2cc(Cl)c(Cl)c(Cl)c2)C(F)(F)F)cc1Cl. The van der Waals surface area contributed by atoms with Crippen LogP contribution in [0.1, 0.15) is 49.8 Å². The molecule has 0 spiro atoms. The van der Waals surface area contributed by atoms with Gasteiger partial charge >= 0.3 is 6.18 Å². The maximum absolute atomic E-state index is 13.7. The molecule has 0 heterocycles. The van der Waals surface area contributed by atoms with Crippen molar-refractivity contribution in [1.82, 2.24) is 0 Å².